The van der Waals surface area contributed by atoms with Crippen molar-refractivity contribution in [2.75, 3.05) is 13.2 Å². The molecule has 6 nitrogen and oxygen atoms in total. The molecule has 30 heavy (non-hydrogen) atoms. The standard InChI is InChI=1S/C24H29NO5/c1-17(14-29-15-20-11-7-4-8-12-20)22(26)18(2)23(27)25-21(16-30-24(25)28)13-19-9-5-3-6-10-19/h3-12,17-18,21-22,26H,13-16H2,1-2H3/t17-,18-,21-,22+/m1/s1. The van der Waals surface area contributed by atoms with Gasteiger partial charge in [-0.1, -0.05) is 74.5 Å². The van der Waals surface area contributed by atoms with E-state index in [-0.39, 0.29) is 18.6 Å². The third-order valence-corrected chi connectivity index (χ3v) is 5.49. The van der Waals surface area contributed by atoms with Gasteiger partial charge in [-0.3, -0.25) is 4.79 Å². The number of carbonyl (C=O) groups is 2. The number of aliphatic hydroxyl groups is 1. The Morgan fingerprint density at radius 3 is 2.33 bits per heavy atom. The number of ether oxygens (including phenoxy) is 2. The lowest BCUT2D eigenvalue weighted by molar-refractivity contribution is -0.138. The van der Waals surface area contributed by atoms with Crippen molar-refractivity contribution >= 4 is 12.0 Å². The van der Waals surface area contributed by atoms with Crippen LogP contribution in [-0.4, -0.2) is 47.4 Å². The molecule has 0 aromatic heterocycles. The van der Waals surface area contributed by atoms with Crippen LogP contribution in [-0.2, 0) is 27.3 Å². The molecule has 3 rings (SSSR count). The molecule has 0 unspecified atom stereocenters. The quantitative estimate of drug-likeness (QED) is 0.684. The zero-order valence-corrected chi connectivity index (χ0v) is 17.4. The summed E-state index contributed by atoms with van der Waals surface area (Å²) in [6, 6.07) is 19.1. The van der Waals surface area contributed by atoms with Gasteiger partial charge in [0, 0.05) is 5.92 Å². The Morgan fingerprint density at radius 2 is 1.70 bits per heavy atom. The monoisotopic (exact) mass is 411 g/mol. The minimum Gasteiger partial charge on any atom is -0.447 e. The fraction of sp³-hybridized carbons (Fsp3) is 0.417. The van der Waals surface area contributed by atoms with Crippen LogP contribution in [0.3, 0.4) is 0 Å². The van der Waals surface area contributed by atoms with Gasteiger partial charge in [-0.25, -0.2) is 9.69 Å². The van der Waals surface area contributed by atoms with E-state index in [2.05, 4.69) is 0 Å². The molecule has 6 heteroatoms. The topological polar surface area (TPSA) is 76.1 Å². The van der Waals surface area contributed by atoms with Crippen LogP contribution in [0.15, 0.2) is 60.7 Å². The van der Waals surface area contributed by atoms with Crippen molar-refractivity contribution in [2.24, 2.45) is 11.8 Å². The van der Waals surface area contributed by atoms with E-state index in [0.29, 0.717) is 19.6 Å². The molecule has 1 aliphatic rings. The minimum absolute atomic E-state index is 0.165. The molecule has 1 aliphatic heterocycles. The van der Waals surface area contributed by atoms with Gasteiger partial charge in [0.25, 0.3) is 0 Å². The van der Waals surface area contributed by atoms with Gasteiger partial charge in [0.05, 0.1) is 31.3 Å². The van der Waals surface area contributed by atoms with Gasteiger partial charge in [0.15, 0.2) is 0 Å². The van der Waals surface area contributed by atoms with Crippen molar-refractivity contribution in [3.8, 4) is 0 Å². The summed E-state index contributed by atoms with van der Waals surface area (Å²) >= 11 is 0. The molecule has 1 saturated heterocycles. The Bertz CT molecular complexity index is 826. The molecule has 2 aromatic carbocycles. The maximum Gasteiger partial charge on any atom is 0.416 e. The van der Waals surface area contributed by atoms with Gasteiger partial charge in [-0.05, 0) is 17.5 Å². The van der Waals surface area contributed by atoms with Gasteiger partial charge >= 0.3 is 6.09 Å². The van der Waals surface area contributed by atoms with E-state index >= 15 is 0 Å². The van der Waals surface area contributed by atoms with Gasteiger partial charge in [0.1, 0.15) is 6.61 Å². The Kier molecular flexibility index (Phi) is 7.60. The van der Waals surface area contributed by atoms with Crippen molar-refractivity contribution in [1.29, 1.82) is 0 Å². The number of hydrogen-bond donors (Lipinski definition) is 1. The molecule has 0 saturated carbocycles. The summed E-state index contributed by atoms with van der Waals surface area (Å²) in [4.78, 5) is 26.4. The highest BCUT2D eigenvalue weighted by molar-refractivity contribution is 5.95. The van der Waals surface area contributed by atoms with Crippen LogP contribution in [0.5, 0.6) is 0 Å². The van der Waals surface area contributed by atoms with E-state index in [4.69, 9.17) is 9.47 Å². The number of hydrogen-bond acceptors (Lipinski definition) is 5. The number of cyclic esters (lactones) is 1. The van der Waals surface area contributed by atoms with Crippen molar-refractivity contribution in [1.82, 2.24) is 4.90 Å². The number of rotatable bonds is 9. The van der Waals surface area contributed by atoms with Gasteiger partial charge in [0.2, 0.25) is 5.91 Å². The SMILES string of the molecule is C[C@H](COCc1ccccc1)[C@H](O)[C@@H](C)C(=O)N1C(=O)OC[C@H]1Cc1ccccc1. The second-order valence-electron chi connectivity index (χ2n) is 7.89. The maximum absolute atomic E-state index is 13.0. The molecule has 160 valence electrons. The Morgan fingerprint density at radius 1 is 1.10 bits per heavy atom. The van der Waals surface area contributed by atoms with E-state index in [0.717, 1.165) is 11.1 Å². The van der Waals surface area contributed by atoms with Crippen LogP contribution in [0.2, 0.25) is 0 Å². The third kappa shape index (κ3) is 5.46. The molecule has 0 radical (unpaired) electrons. The van der Waals surface area contributed by atoms with Crippen molar-refractivity contribution in [3.05, 3.63) is 71.8 Å². The molecule has 1 N–H and O–H groups in total. The van der Waals surface area contributed by atoms with Crippen LogP contribution in [0.4, 0.5) is 4.79 Å². The lowest BCUT2D eigenvalue weighted by Gasteiger charge is -2.28. The number of imide groups is 1. The van der Waals surface area contributed by atoms with Crippen molar-refractivity contribution < 1.29 is 24.2 Å². The predicted octanol–water partition coefficient (Wildman–Crippen LogP) is 3.43. The first kappa shape index (κ1) is 22.0. The summed E-state index contributed by atoms with van der Waals surface area (Å²) in [5, 5.41) is 10.7. The van der Waals surface area contributed by atoms with E-state index in [1.807, 2.05) is 67.6 Å². The molecule has 1 fully saturated rings. The molecule has 4 atom stereocenters. The summed E-state index contributed by atoms with van der Waals surface area (Å²) in [6.45, 7) is 4.40. The molecule has 0 aliphatic carbocycles. The molecule has 0 spiro atoms. The highest BCUT2D eigenvalue weighted by atomic mass is 16.6. The van der Waals surface area contributed by atoms with E-state index in [1.165, 1.54) is 4.90 Å². The van der Waals surface area contributed by atoms with Crippen LogP contribution in [0.1, 0.15) is 25.0 Å². The van der Waals surface area contributed by atoms with E-state index in [1.54, 1.807) is 6.92 Å². The predicted molar refractivity (Wildman–Crippen MR) is 113 cm³/mol. The number of carbonyl (C=O) groups excluding carboxylic acids is 2. The fourth-order valence-corrected chi connectivity index (χ4v) is 3.66. The molecule has 2 amide bonds. The first-order valence-corrected chi connectivity index (χ1v) is 10.3. The number of benzene rings is 2. The van der Waals surface area contributed by atoms with E-state index in [9.17, 15) is 14.7 Å². The molecule has 1 heterocycles. The third-order valence-electron chi connectivity index (χ3n) is 5.49. The smallest absolute Gasteiger partial charge is 0.416 e. The average Bonchev–Trinajstić information content (AvgIpc) is 3.13. The van der Waals surface area contributed by atoms with Crippen LogP contribution in [0.25, 0.3) is 0 Å². The average molecular weight is 411 g/mol. The van der Waals surface area contributed by atoms with E-state index < -0.39 is 24.0 Å². The maximum atomic E-state index is 13.0. The zero-order valence-electron chi connectivity index (χ0n) is 17.4. The largest absolute Gasteiger partial charge is 0.447 e. The highest BCUT2D eigenvalue weighted by Gasteiger charge is 2.42. The second-order valence-corrected chi connectivity index (χ2v) is 7.89. The summed E-state index contributed by atoms with van der Waals surface area (Å²) in [5.74, 6) is -1.43. The fourth-order valence-electron chi connectivity index (χ4n) is 3.66. The Balaban J connectivity index is 1.56. The first-order chi connectivity index (χ1) is 14.5. The zero-order chi connectivity index (χ0) is 21.5. The molecule has 0 bridgehead atoms. The van der Waals surface area contributed by atoms with Crippen LogP contribution < -0.4 is 0 Å². The minimum atomic E-state index is -0.931. The number of nitrogens with zero attached hydrogens (tertiary/aromatic N) is 1. The Hall–Kier alpha value is -2.70. The highest BCUT2D eigenvalue weighted by Crippen LogP contribution is 2.23. The normalized spacial score (nSPS) is 19.2. The molecular formula is C24H29NO5. The Labute approximate surface area is 177 Å². The van der Waals surface area contributed by atoms with Gasteiger partial charge in [-0.15, -0.1) is 0 Å². The lowest BCUT2D eigenvalue weighted by Crippen LogP contribution is -2.47. The summed E-state index contributed by atoms with van der Waals surface area (Å²) < 4.78 is 10.8. The summed E-state index contributed by atoms with van der Waals surface area (Å²) in [7, 11) is 0. The number of aliphatic hydroxyl groups excluding tert-OH is 1. The molecule has 2 aromatic rings. The van der Waals surface area contributed by atoms with Crippen molar-refractivity contribution in [2.45, 2.75) is 39.0 Å². The number of amides is 2. The van der Waals surface area contributed by atoms with Gasteiger partial charge < -0.3 is 14.6 Å². The van der Waals surface area contributed by atoms with Crippen LogP contribution >= 0.6 is 0 Å². The molecular weight excluding hydrogens is 382 g/mol. The first-order valence-electron chi connectivity index (χ1n) is 10.3. The summed E-state index contributed by atoms with van der Waals surface area (Å²) in [6.07, 6.45) is -1.05. The van der Waals surface area contributed by atoms with Crippen LogP contribution in [0, 0.1) is 11.8 Å². The summed E-state index contributed by atoms with van der Waals surface area (Å²) in [5.41, 5.74) is 2.07. The van der Waals surface area contributed by atoms with Gasteiger partial charge in [-0.2, -0.15) is 0 Å². The lowest BCUT2D eigenvalue weighted by atomic mass is 9.92. The second kappa shape index (κ2) is 10.4. The van der Waals surface area contributed by atoms with Crippen molar-refractivity contribution in [3.63, 3.8) is 0 Å².